The van der Waals surface area contributed by atoms with Crippen molar-refractivity contribution in [1.82, 2.24) is 45.9 Å². The summed E-state index contributed by atoms with van der Waals surface area (Å²) in [4.78, 5) is 97.0. The number of esters is 2. The van der Waals surface area contributed by atoms with E-state index in [-0.39, 0.29) is 54.3 Å². The van der Waals surface area contributed by atoms with E-state index in [0.29, 0.717) is 34.3 Å². The molecule has 2 saturated carbocycles. The highest BCUT2D eigenvalue weighted by Crippen LogP contribution is 2.49. The minimum Gasteiger partial charge on any atom is -0.467 e. The predicted molar refractivity (Wildman–Crippen MR) is 298 cm³/mol. The van der Waals surface area contributed by atoms with Crippen molar-refractivity contribution < 1.29 is 74.1 Å². The van der Waals surface area contributed by atoms with Crippen molar-refractivity contribution in [1.29, 1.82) is 0 Å². The monoisotopic (exact) mass is 1240 g/mol. The summed E-state index contributed by atoms with van der Waals surface area (Å²) in [6.45, 7) is -3.35. The molecule has 8 rings (SSSR count). The van der Waals surface area contributed by atoms with Crippen LogP contribution >= 0.6 is 23.2 Å². The van der Waals surface area contributed by atoms with Crippen LogP contribution in [-0.4, -0.2) is 131 Å². The fraction of sp³-hybridized carbons (Fsp3) is 0.333. The summed E-state index contributed by atoms with van der Waals surface area (Å²) in [6.07, 6.45) is -6.78. The van der Waals surface area contributed by atoms with Gasteiger partial charge in [0.25, 0.3) is 17.7 Å². The van der Waals surface area contributed by atoms with Crippen LogP contribution in [0.1, 0.15) is 70.4 Å². The first kappa shape index (κ1) is 64.4. The van der Waals surface area contributed by atoms with E-state index in [1.165, 1.54) is 62.7 Å². The molecule has 3 amide bonds. The number of likely N-dealkylation sites (N-methyl/N-ethyl adjacent to an activating group) is 1. The van der Waals surface area contributed by atoms with Crippen LogP contribution in [0.25, 0.3) is 0 Å². The minimum atomic E-state index is -4.63. The number of Topliss-reactive ketones (excluding diaryl/α,β-unsaturated/α-hetero) is 1. The van der Waals surface area contributed by atoms with Gasteiger partial charge in [-0.25, -0.2) is 9.59 Å². The molecule has 0 spiro atoms. The number of alkyl halides is 6. The van der Waals surface area contributed by atoms with Gasteiger partial charge in [0.05, 0.1) is 25.3 Å². The average Bonchev–Trinajstić information content (AvgIpc) is 3.38. The normalized spacial score (nSPS) is 14.2. The Morgan fingerprint density at radius 2 is 0.930 bits per heavy atom. The van der Waals surface area contributed by atoms with Gasteiger partial charge in [-0.2, -0.15) is 56.2 Å². The number of ketones is 1. The number of rotatable bonds is 25. The van der Waals surface area contributed by atoms with Crippen LogP contribution in [0.3, 0.4) is 0 Å². The van der Waals surface area contributed by atoms with Gasteiger partial charge < -0.3 is 61.9 Å². The Morgan fingerprint density at radius 1 is 0.558 bits per heavy atom. The standard InChI is InChI=1S/C29H29ClF3N7O6.C25H25ClF3N7O4/c1-34-23(43)21(41)12-11-20(24(44)45-2)36-22(42)16-3-9-19(10-4-16)35-25-37-26(39-27(38-25)46-15-29(31,32)33)40-28(13-14-28)17-5-7-18(30)8-6-17;1-39-20(38)18(12-30)32-19(37)14-2-8-17(9-3-14)31-21-33-22(35-23(34-21)40-13-25(27,28)29)36-24(10-11-24)15-4-6-16(26)7-5-15/h3-10,20H,11-15H2,1-2H3,(H,34,43)(H,36,42)(H2,35,37,38,39,40);2-9,18H,10-13,30H2,1H3,(H,32,37)(H2,31,33,34,35,36)/t20-;18-/m00/s1. The Kier molecular flexibility index (Phi) is 21.1. The van der Waals surface area contributed by atoms with Crippen LogP contribution in [0.2, 0.25) is 10.0 Å². The first-order chi connectivity index (χ1) is 40.8. The molecule has 2 aliphatic rings. The molecule has 4 aromatic carbocycles. The number of nitrogens with zero attached hydrogens (tertiary/aromatic N) is 6. The first-order valence-electron chi connectivity index (χ1n) is 25.8. The molecule has 0 aliphatic heterocycles. The molecular weight excluding hydrogens is 1190 g/mol. The molecule has 2 aliphatic carbocycles. The zero-order valence-corrected chi connectivity index (χ0v) is 47.1. The van der Waals surface area contributed by atoms with Crippen molar-refractivity contribution in [2.45, 2.75) is 74.0 Å². The molecule has 0 saturated heterocycles. The van der Waals surface area contributed by atoms with Gasteiger partial charge in [-0.3, -0.25) is 19.2 Å². The third-order valence-corrected chi connectivity index (χ3v) is 13.2. The third kappa shape index (κ3) is 18.7. The van der Waals surface area contributed by atoms with E-state index >= 15 is 0 Å². The molecule has 2 heterocycles. The summed E-state index contributed by atoms with van der Waals surface area (Å²) >= 11 is 12.0. The smallest absolute Gasteiger partial charge is 0.422 e. The van der Waals surface area contributed by atoms with E-state index < -0.39 is 96.2 Å². The van der Waals surface area contributed by atoms with E-state index in [4.69, 9.17) is 43.1 Å². The zero-order valence-electron chi connectivity index (χ0n) is 45.6. The zero-order chi connectivity index (χ0) is 62.4. The lowest BCUT2D eigenvalue weighted by molar-refractivity contribution is -0.155. The van der Waals surface area contributed by atoms with Crippen molar-refractivity contribution in [3.05, 3.63) is 129 Å². The average molecular weight is 1240 g/mol. The number of aromatic nitrogens is 6. The Hall–Kier alpha value is -9.16. The number of carbonyl (C=O) groups excluding carboxylic acids is 6. The molecular formula is C54H54Cl2F6N14O10. The largest absolute Gasteiger partial charge is 0.467 e. The van der Waals surface area contributed by atoms with Crippen LogP contribution in [0.4, 0.5) is 61.5 Å². The van der Waals surface area contributed by atoms with Crippen molar-refractivity contribution in [2.75, 3.05) is 62.3 Å². The summed E-state index contributed by atoms with van der Waals surface area (Å²) in [6, 6.07) is 22.7. The van der Waals surface area contributed by atoms with Gasteiger partial charge in [-0.1, -0.05) is 47.5 Å². The lowest BCUT2D eigenvalue weighted by Gasteiger charge is -2.19. The summed E-state index contributed by atoms with van der Waals surface area (Å²) in [7, 11) is 3.59. The molecule has 2 atom stereocenters. The van der Waals surface area contributed by atoms with Gasteiger partial charge in [0, 0.05) is 52.6 Å². The van der Waals surface area contributed by atoms with Gasteiger partial charge in [0.2, 0.25) is 29.6 Å². The number of halogens is 8. The fourth-order valence-corrected chi connectivity index (χ4v) is 8.23. The van der Waals surface area contributed by atoms with Crippen molar-refractivity contribution >= 4 is 93.8 Å². The number of methoxy groups -OCH3 is 2. The lowest BCUT2D eigenvalue weighted by Crippen LogP contribution is -2.46. The van der Waals surface area contributed by atoms with Gasteiger partial charge in [-0.15, -0.1) is 0 Å². The summed E-state index contributed by atoms with van der Waals surface area (Å²) in [5.74, 6) is -4.54. The van der Waals surface area contributed by atoms with E-state index in [2.05, 4.69) is 71.9 Å². The van der Waals surface area contributed by atoms with E-state index in [1.807, 2.05) is 24.3 Å². The molecule has 24 nitrogen and oxygen atoms in total. The van der Waals surface area contributed by atoms with Gasteiger partial charge in [0.15, 0.2) is 13.2 Å². The van der Waals surface area contributed by atoms with Crippen molar-refractivity contribution in [3.63, 3.8) is 0 Å². The second-order valence-electron chi connectivity index (χ2n) is 19.0. The highest BCUT2D eigenvalue weighted by molar-refractivity contribution is 6.36. The van der Waals surface area contributed by atoms with Crippen LogP contribution < -0.4 is 52.4 Å². The number of ether oxygens (including phenoxy) is 4. The summed E-state index contributed by atoms with van der Waals surface area (Å²) in [5.41, 5.74) is 7.39. The molecule has 86 heavy (non-hydrogen) atoms. The number of anilines is 6. The topological polar surface area (TPSA) is 327 Å². The highest BCUT2D eigenvalue weighted by atomic mass is 35.5. The Morgan fingerprint density at radius 3 is 1.28 bits per heavy atom. The molecule has 2 aromatic heterocycles. The maximum absolute atomic E-state index is 12.9. The molecule has 0 radical (unpaired) electrons. The Bertz CT molecular complexity index is 3380. The van der Waals surface area contributed by atoms with E-state index in [9.17, 15) is 55.1 Å². The van der Waals surface area contributed by atoms with Crippen LogP contribution in [-0.2, 0) is 39.7 Å². The second-order valence-corrected chi connectivity index (χ2v) is 19.9. The maximum atomic E-state index is 12.9. The van der Waals surface area contributed by atoms with Crippen molar-refractivity contribution in [2.24, 2.45) is 5.73 Å². The van der Waals surface area contributed by atoms with Crippen LogP contribution in [0, 0.1) is 0 Å². The molecule has 456 valence electrons. The molecule has 6 aromatic rings. The molecule has 9 N–H and O–H groups in total. The maximum Gasteiger partial charge on any atom is 0.422 e. The molecule has 0 bridgehead atoms. The van der Waals surface area contributed by atoms with Crippen LogP contribution in [0.15, 0.2) is 97.1 Å². The minimum absolute atomic E-state index is 0.00811. The fourth-order valence-electron chi connectivity index (χ4n) is 7.97. The number of hydrogen-bond donors (Lipinski definition) is 8. The van der Waals surface area contributed by atoms with Crippen molar-refractivity contribution in [3.8, 4) is 12.0 Å². The highest BCUT2D eigenvalue weighted by Gasteiger charge is 2.46. The Balaban J connectivity index is 0.000000248. The second kappa shape index (κ2) is 28.2. The summed E-state index contributed by atoms with van der Waals surface area (Å²) in [5, 5.41) is 20.3. The Labute approximate surface area is 495 Å². The molecule has 2 fully saturated rings. The van der Waals surface area contributed by atoms with E-state index in [0.717, 1.165) is 31.1 Å². The van der Waals surface area contributed by atoms with Gasteiger partial charge in [-0.05, 0) is 116 Å². The third-order valence-electron chi connectivity index (χ3n) is 12.7. The number of nitrogens with two attached hydrogens (primary N) is 1. The molecule has 32 heteroatoms. The number of amides is 3. The quantitative estimate of drug-likeness (QED) is 0.0159. The molecule has 0 unspecified atom stereocenters. The van der Waals surface area contributed by atoms with E-state index in [1.54, 1.807) is 24.3 Å². The van der Waals surface area contributed by atoms with Gasteiger partial charge in [0.1, 0.15) is 12.1 Å². The summed E-state index contributed by atoms with van der Waals surface area (Å²) < 4.78 is 95.9. The SMILES string of the molecule is CNC(=O)C(=O)CC[C@H](NC(=O)c1ccc(Nc2nc(NC3(c4ccc(Cl)cc4)CC3)nc(OCC(F)(F)F)n2)cc1)C(=O)OC.COC(=O)[C@H](CN)NC(=O)c1ccc(Nc2nc(NC3(c4ccc(Cl)cc4)CC3)nc(OCC(F)(F)F)n2)cc1. The van der Waals surface area contributed by atoms with Crippen LogP contribution in [0.5, 0.6) is 12.0 Å². The van der Waals surface area contributed by atoms with Gasteiger partial charge >= 0.3 is 36.3 Å². The predicted octanol–water partition coefficient (Wildman–Crippen LogP) is 7.22. The lowest BCUT2D eigenvalue weighted by atomic mass is 10.1. The number of hydrogen-bond acceptors (Lipinski definition) is 21. The number of carbonyl (C=O) groups is 6. The number of nitrogens with one attached hydrogen (secondary N) is 7. The number of benzene rings is 4. The first-order valence-corrected chi connectivity index (χ1v) is 26.5.